The first kappa shape index (κ1) is 10.6. The van der Waals surface area contributed by atoms with E-state index in [2.05, 4.69) is 24.9 Å². The Morgan fingerprint density at radius 1 is 1.22 bits per heavy atom. The molecule has 0 aliphatic rings. The van der Waals surface area contributed by atoms with E-state index in [0.717, 1.165) is 5.69 Å². The summed E-state index contributed by atoms with van der Waals surface area (Å²) >= 11 is 0. The molecule has 0 fully saturated rings. The number of H-pyrrole nitrogens is 1. The summed E-state index contributed by atoms with van der Waals surface area (Å²) in [5.74, 6) is 0.432. The van der Waals surface area contributed by atoms with Crippen LogP contribution >= 0.6 is 0 Å². The van der Waals surface area contributed by atoms with Gasteiger partial charge in [-0.15, -0.1) is 0 Å². The van der Waals surface area contributed by atoms with Gasteiger partial charge in [-0.1, -0.05) is 0 Å². The summed E-state index contributed by atoms with van der Waals surface area (Å²) in [6.07, 6.45) is 3.98. The minimum absolute atomic E-state index is 0.304. The van der Waals surface area contributed by atoms with Crippen LogP contribution in [0.3, 0.4) is 0 Å². The second kappa shape index (κ2) is 4.02. The first-order valence-electron chi connectivity index (χ1n) is 5.26. The smallest absolute Gasteiger partial charge is 0.312 e. The minimum atomic E-state index is -0.800. The van der Waals surface area contributed by atoms with Crippen LogP contribution in [0.1, 0.15) is 0 Å². The first-order valence-corrected chi connectivity index (χ1v) is 5.26. The third-order valence-corrected chi connectivity index (χ3v) is 2.61. The summed E-state index contributed by atoms with van der Waals surface area (Å²) < 4.78 is 13.3. The molecule has 0 saturated carbocycles. The summed E-state index contributed by atoms with van der Waals surface area (Å²) in [5.41, 5.74) is 1.74. The van der Waals surface area contributed by atoms with Crippen molar-refractivity contribution in [3.05, 3.63) is 36.9 Å². The molecule has 3 aromatic rings. The van der Waals surface area contributed by atoms with Crippen molar-refractivity contribution in [2.75, 3.05) is 11.9 Å². The lowest BCUT2D eigenvalue weighted by Crippen LogP contribution is -2.13. The van der Waals surface area contributed by atoms with E-state index >= 15 is 0 Å². The van der Waals surface area contributed by atoms with Gasteiger partial charge in [0.2, 0.25) is 0 Å². The molecule has 0 bridgehead atoms. The number of pyridine rings is 1. The highest BCUT2D eigenvalue weighted by atomic mass is 19.1. The molecule has 0 aliphatic carbocycles. The van der Waals surface area contributed by atoms with Gasteiger partial charge in [-0.25, -0.2) is 4.98 Å². The van der Waals surface area contributed by atoms with E-state index in [9.17, 15) is 4.39 Å². The average Bonchev–Trinajstić information content (AvgIpc) is 2.86. The molecule has 0 aliphatic heterocycles. The molecule has 0 unspecified atom stereocenters. The number of imidazole rings is 1. The zero-order valence-corrected chi connectivity index (χ0v) is 9.50. The molecule has 3 rings (SSSR count). The summed E-state index contributed by atoms with van der Waals surface area (Å²) in [4.78, 5) is 19.9. The Kier molecular flexibility index (Phi) is 2.36. The van der Waals surface area contributed by atoms with E-state index in [0.29, 0.717) is 17.0 Å². The van der Waals surface area contributed by atoms with Gasteiger partial charge in [0.15, 0.2) is 11.5 Å². The molecule has 0 spiro atoms. The predicted molar refractivity (Wildman–Crippen MR) is 63.9 cm³/mol. The molecule has 0 atom stereocenters. The molecule has 0 amide bonds. The predicted octanol–water partition coefficient (Wildman–Crippen LogP) is 1.65. The van der Waals surface area contributed by atoms with E-state index < -0.39 is 6.08 Å². The fourth-order valence-corrected chi connectivity index (χ4v) is 1.72. The Morgan fingerprint density at radius 3 is 2.78 bits per heavy atom. The largest absolute Gasteiger partial charge is 0.340 e. The van der Waals surface area contributed by atoms with Crippen molar-refractivity contribution in [1.82, 2.24) is 24.9 Å². The van der Waals surface area contributed by atoms with Crippen LogP contribution in [0.25, 0.3) is 11.2 Å². The molecule has 90 valence electrons. The fourth-order valence-electron chi connectivity index (χ4n) is 1.72. The lowest BCUT2D eigenvalue weighted by Gasteiger charge is -2.18. The van der Waals surface area contributed by atoms with Gasteiger partial charge in [0, 0.05) is 25.1 Å². The van der Waals surface area contributed by atoms with Crippen LogP contribution in [0, 0.1) is 6.08 Å². The number of fused-ring (bicyclic) bond motifs is 1. The van der Waals surface area contributed by atoms with Gasteiger partial charge in [0.05, 0.1) is 6.33 Å². The van der Waals surface area contributed by atoms with Crippen LogP contribution in [0.2, 0.25) is 0 Å². The molecule has 1 N–H and O–H groups in total. The molecule has 0 radical (unpaired) electrons. The van der Waals surface area contributed by atoms with Gasteiger partial charge >= 0.3 is 6.08 Å². The summed E-state index contributed by atoms with van der Waals surface area (Å²) in [6.45, 7) is 0. The van der Waals surface area contributed by atoms with Gasteiger partial charge < -0.3 is 9.88 Å². The standard InChI is InChI=1S/C11H9FN6/c1-18(7-2-4-13-5-3-7)10-8-9(15-6-14-8)16-11(12)17-10/h2-6H,1H3,(H,14,15,16,17). The number of halogens is 1. The maximum Gasteiger partial charge on any atom is 0.312 e. The second-order valence-corrected chi connectivity index (χ2v) is 3.68. The number of nitrogens with one attached hydrogen (secondary N) is 1. The van der Waals surface area contributed by atoms with E-state index in [-0.39, 0.29) is 0 Å². The van der Waals surface area contributed by atoms with Crippen LogP contribution in [0.15, 0.2) is 30.9 Å². The van der Waals surface area contributed by atoms with Crippen LogP contribution in [0.4, 0.5) is 15.9 Å². The van der Waals surface area contributed by atoms with Crippen molar-refractivity contribution in [3.63, 3.8) is 0 Å². The van der Waals surface area contributed by atoms with Crippen LogP contribution in [0.5, 0.6) is 0 Å². The first-order chi connectivity index (χ1) is 8.75. The second-order valence-electron chi connectivity index (χ2n) is 3.68. The van der Waals surface area contributed by atoms with E-state index in [1.807, 2.05) is 12.1 Å². The number of hydrogen-bond acceptors (Lipinski definition) is 5. The number of hydrogen-bond donors (Lipinski definition) is 1. The molecular weight excluding hydrogens is 235 g/mol. The Labute approximate surface area is 102 Å². The minimum Gasteiger partial charge on any atom is -0.340 e. The van der Waals surface area contributed by atoms with Gasteiger partial charge in [-0.2, -0.15) is 14.4 Å². The van der Waals surface area contributed by atoms with E-state index in [4.69, 9.17) is 0 Å². The van der Waals surface area contributed by atoms with Crippen LogP contribution in [-0.2, 0) is 0 Å². The summed E-state index contributed by atoms with van der Waals surface area (Å²) in [7, 11) is 1.79. The number of aromatic nitrogens is 5. The van der Waals surface area contributed by atoms with Crippen molar-refractivity contribution < 1.29 is 4.39 Å². The normalized spacial score (nSPS) is 10.8. The van der Waals surface area contributed by atoms with Gasteiger partial charge in [-0.05, 0) is 12.1 Å². The van der Waals surface area contributed by atoms with Crippen molar-refractivity contribution in [1.29, 1.82) is 0 Å². The zero-order chi connectivity index (χ0) is 12.5. The van der Waals surface area contributed by atoms with E-state index in [1.165, 1.54) is 6.33 Å². The number of nitrogens with zero attached hydrogens (tertiary/aromatic N) is 5. The third-order valence-electron chi connectivity index (χ3n) is 2.61. The highest BCUT2D eigenvalue weighted by Crippen LogP contribution is 2.25. The van der Waals surface area contributed by atoms with E-state index in [1.54, 1.807) is 24.3 Å². The van der Waals surface area contributed by atoms with Crippen molar-refractivity contribution in [2.45, 2.75) is 0 Å². The summed E-state index contributed by atoms with van der Waals surface area (Å²) in [5, 5.41) is 0. The summed E-state index contributed by atoms with van der Waals surface area (Å²) in [6, 6.07) is 3.62. The lowest BCUT2D eigenvalue weighted by atomic mass is 10.3. The molecule has 0 saturated heterocycles. The average molecular weight is 244 g/mol. The Bertz CT molecular complexity index is 680. The van der Waals surface area contributed by atoms with Gasteiger partial charge in [-0.3, -0.25) is 4.98 Å². The molecule has 7 heteroatoms. The third kappa shape index (κ3) is 1.65. The Balaban J connectivity index is 2.17. The van der Waals surface area contributed by atoms with Crippen molar-refractivity contribution in [3.8, 4) is 0 Å². The number of aromatic amines is 1. The molecule has 6 nitrogen and oxygen atoms in total. The quantitative estimate of drug-likeness (QED) is 0.694. The lowest BCUT2D eigenvalue weighted by molar-refractivity contribution is 0.544. The Morgan fingerprint density at radius 2 is 2.00 bits per heavy atom. The van der Waals surface area contributed by atoms with Crippen LogP contribution in [-0.4, -0.2) is 32.0 Å². The highest BCUT2D eigenvalue weighted by Gasteiger charge is 2.14. The zero-order valence-electron chi connectivity index (χ0n) is 9.50. The molecule has 0 aromatic carbocycles. The van der Waals surface area contributed by atoms with Gasteiger partial charge in [0.25, 0.3) is 0 Å². The van der Waals surface area contributed by atoms with Crippen molar-refractivity contribution in [2.24, 2.45) is 0 Å². The fraction of sp³-hybridized carbons (Fsp3) is 0.0909. The maximum absolute atomic E-state index is 13.3. The Hall–Kier alpha value is -2.57. The van der Waals surface area contributed by atoms with Gasteiger partial charge in [0.1, 0.15) is 5.52 Å². The molecule has 3 heterocycles. The van der Waals surface area contributed by atoms with Crippen LogP contribution < -0.4 is 4.90 Å². The molecular formula is C11H9FN6. The number of anilines is 2. The molecule has 18 heavy (non-hydrogen) atoms. The van der Waals surface area contributed by atoms with Crippen molar-refractivity contribution >= 4 is 22.7 Å². The monoisotopic (exact) mass is 244 g/mol. The SMILES string of the molecule is CN(c1ccncc1)c1nc(F)nc2nc[nH]c12. The number of rotatable bonds is 2. The highest BCUT2D eigenvalue weighted by molar-refractivity contribution is 5.85. The topological polar surface area (TPSA) is 70.6 Å². The maximum atomic E-state index is 13.3. The molecule has 3 aromatic heterocycles.